The topological polar surface area (TPSA) is 72.5 Å². The Kier molecular flexibility index (Phi) is 4.10. The first-order valence-corrected chi connectivity index (χ1v) is 8.06. The van der Waals surface area contributed by atoms with E-state index in [-0.39, 0.29) is 15.5 Å². The summed E-state index contributed by atoms with van der Waals surface area (Å²) in [6, 6.07) is 8.17. The second-order valence-corrected chi connectivity index (χ2v) is 6.59. The van der Waals surface area contributed by atoms with E-state index in [0.717, 1.165) is 11.3 Å². The monoisotopic (exact) mass is 311 g/mol. The number of aryl methyl sites for hydroxylation is 1. The minimum Gasteiger partial charge on any atom is -0.465 e. The largest absolute Gasteiger partial charge is 0.465 e. The van der Waals surface area contributed by atoms with Gasteiger partial charge in [0.2, 0.25) is 0 Å². The lowest BCUT2D eigenvalue weighted by molar-refractivity contribution is 0.0607. The third kappa shape index (κ3) is 2.83. The van der Waals surface area contributed by atoms with Gasteiger partial charge in [-0.2, -0.15) is 0 Å². The molecule has 20 heavy (non-hydrogen) atoms. The Bertz CT molecular complexity index is 734. The third-order valence-corrected chi connectivity index (χ3v) is 5.08. The van der Waals surface area contributed by atoms with Crippen LogP contribution in [0, 0.1) is 6.92 Å². The number of benzene rings is 1. The molecular weight excluding hydrogens is 298 g/mol. The quantitative estimate of drug-likeness (QED) is 0.881. The molecule has 0 fully saturated rings. The molecule has 5 nitrogen and oxygen atoms in total. The van der Waals surface area contributed by atoms with E-state index in [9.17, 15) is 13.2 Å². The molecule has 0 unspecified atom stereocenters. The first kappa shape index (κ1) is 14.5. The molecule has 0 aliphatic heterocycles. The molecule has 0 bridgehead atoms. The fraction of sp³-hybridized carbons (Fsp3) is 0.154. The predicted octanol–water partition coefficient (Wildman–Crippen LogP) is 2.64. The maximum atomic E-state index is 12.3. The van der Waals surface area contributed by atoms with Crippen molar-refractivity contribution in [3.8, 4) is 0 Å². The average molecular weight is 311 g/mol. The summed E-state index contributed by atoms with van der Waals surface area (Å²) in [4.78, 5) is 11.9. The lowest BCUT2D eigenvalue weighted by atomic mass is 10.2. The second kappa shape index (κ2) is 5.64. The highest BCUT2D eigenvalue weighted by molar-refractivity contribution is 7.92. The Morgan fingerprint density at radius 1 is 1.25 bits per heavy atom. The molecule has 1 aromatic heterocycles. The fourth-order valence-corrected chi connectivity index (χ4v) is 3.85. The van der Waals surface area contributed by atoms with Crippen LogP contribution in [-0.2, 0) is 14.8 Å². The molecule has 0 aliphatic rings. The van der Waals surface area contributed by atoms with Gasteiger partial charge in [-0.05, 0) is 30.0 Å². The van der Waals surface area contributed by atoms with Crippen molar-refractivity contribution in [2.24, 2.45) is 0 Å². The van der Waals surface area contributed by atoms with Crippen LogP contribution in [0.1, 0.15) is 15.2 Å². The van der Waals surface area contributed by atoms with Crippen molar-refractivity contribution in [2.75, 3.05) is 11.8 Å². The van der Waals surface area contributed by atoms with Crippen LogP contribution in [0.5, 0.6) is 0 Å². The van der Waals surface area contributed by atoms with Crippen molar-refractivity contribution in [1.29, 1.82) is 0 Å². The number of nitrogens with one attached hydrogen (secondary N) is 1. The molecular formula is C13H13NO4S2. The van der Waals surface area contributed by atoms with Crippen LogP contribution in [0.2, 0.25) is 0 Å². The van der Waals surface area contributed by atoms with Crippen molar-refractivity contribution in [2.45, 2.75) is 11.8 Å². The van der Waals surface area contributed by atoms with Crippen LogP contribution < -0.4 is 4.72 Å². The molecule has 7 heteroatoms. The lowest BCUT2D eigenvalue weighted by Crippen LogP contribution is -2.15. The van der Waals surface area contributed by atoms with E-state index >= 15 is 0 Å². The van der Waals surface area contributed by atoms with Gasteiger partial charge in [0, 0.05) is 0 Å². The summed E-state index contributed by atoms with van der Waals surface area (Å²) in [5.74, 6) is -0.567. The molecule has 0 atom stereocenters. The Hall–Kier alpha value is -1.86. The van der Waals surface area contributed by atoms with Gasteiger partial charge in [0.05, 0.1) is 17.7 Å². The lowest BCUT2D eigenvalue weighted by Gasteiger charge is -2.10. The summed E-state index contributed by atoms with van der Waals surface area (Å²) in [5, 5.41) is 1.63. The number of rotatable bonds is 4. The summed E-state index contributed by atoms with van der Waals surface area (Å²) in [6.07, 6.45) is 0. The summed E-state index contributed by atoms with van der Waals surface area (Å²) in [5.41, 5.74) is 0.861. The van der Waals surface area contributed by atoms with Gasteiger partial charge in [-0.15, -0.1) is 11.3 Å². The van der Waals surface area contributed by atoms with E-state index < -0.39 is 16.0 Å². The molecule has 0 aliphatic carbocycles. The van der Waals surface area contributed by atoms with Gasteiger partial charge in [0.15, 0.2) is 0 Å². The van der Waals surface area contributed by atoms with Crippen LogP contribution in [0.15, 0.2) is 40.6 Å². The molecule has 0 amide bonds. The normalized spacial score (nSPS) is 11.1. The molecule has 1 aromatic carbocycles. The molecule has 0 radical (unpaired) electrons. The second-order valence-electron chi connectivity index (χ2n) is 4.03. The minimum atomic E-state index is -3.73. The van der Waals surface area contributed by atoms with Crippen molar-refractivity contribution in [3.05, 3.63) is 46.2 Å². The van der Waals surface area contributed by atoms with Gasteiger partial charge >= 0.3 is 5.97 Å². The summed E-state index contributed by atoms with van der Waals surface area (Å²) >= 11 is 1.12. The van der Waals surface area contributed by atoms with E-state index in [4.69, 9.17) is 0 Å². The van der Waals surface area contributed by atoms with Crippen LogP contribution >= 0.6 is 11.3 Å². The number of carbonyl (C=O) groups excluding carboxylic acids is 1. The van der Waals surface area contributed by atoms with Gasteiger partial charge in [-0.3, -0.25) is 4.72 Å². The molecule has 0 saturated carbocycles. The summed E-state index contributed by atoms with van der Waals surface area (Å²) in [7, 11) is -2.48. The van der Waals surface area contributed by atoms with Crippen molar-refractivity contribution >= 4 is 33.0 Å². The number of sulfonamides is 1. The highest BCUT2D eigenvalue weighted by atomic mass is 32.2. The standard InChI is InChI=1S/C13H13NO4S2/c1-9-5-3-4-6-11(9)20(16,17)14-10-7-8-19-12(10)13(15)18-2/h3-8,14H,1-2H3. The zero-order chi connectivity index (χ0) is 14.8. The number of esters is 1. The number of thiophene rings is 1. The van der Waals surface area contributed by atoms with Crippen LogP contribution in [0.25, 0.3) is 0 Å². The number of hydrogen-bond acceptors (Lipinski definition) is 5. The highest BCUT2D eigenvalue weighted by Gasteiger charge is 2.21. The molecule has 1 heterocycles. The number of ether oxygens (including phenoxy) is 1. The first-order valence-electron chi connectivity index (χ1n) is 5.70. The van der Waals surface area contributed by atoms with Gasteiger partial charge < -0.3 is 4.74 Å². The van der Waals surface area contributed by atoms with E-state index in [1.165, 1.54) is 19.2 Å². The van der Waals surface area contributed by atoms with Gasteiger partial charge in [-0.25, -0.2) is 13.2 Å². The Morgan fingerprint density at radius 2 is 1.95 bits per heavy atom. The van der Waals surface area contributed by atoms with E-state index in [2.05, 4.69) is 9.46 Å². The van der Waals surface area contributed by atoms with E-state index in [1.54, 1.807) is 30.5 Å². The summed E-state index contributed by atoms with van der Waals surface area (Å²) in [6.45, 7) is 1.71. The smallest absolute Gasteiger partial charge is 0.350 e. The summed E-state index contributed by atoms with van der Waals surface area (Å²) < 4.78 is 31.7. The number of methoxy groups -OCH3 is 1. The van der Waals surface area contributed by atoms with Gasteiger partial charge in [0.1, 0.15) is 4.88 Å². The van der Waals surface area contributed by atoms with Crippen LogP contribution in [0.3, 0.4) is 0 Å². The zero-order valence-corrected chi connectivity index (χ0v) is 12.5. The number of anilines is 1. The van der Waals surface area contributed by atoms with Crippen LogP contribution in [-0.4, -0.2) is 21.5 Å². The van der Waals surface area contributed by atoms with E-state index in [1.807, 2.05) is 0 Å². The fourth-order valence-electron chi connectivity index (χ4n) is 1.70. The predicted molar refractivity (Wildman–Crippen MR) is 77.6 cm³/mol. The van der Waals surface area contributed by atoms with Crippen molar-refractivity contribution < 1.29 is 17.9 Å². The molecule has 106 valence electrons. The van der Waals surface area contributed by atoms with Gasteiger partial charge in [0.25, 0.3) is 10.0 Å². The number of hydrogen-bond donors (Lipinski definition) is 1. The SMILES string of the molecule is COC(=O)c1sccc1NS(=O)(=O)c1ccccc1C. The molecule has 0 saturated heterocycles. The van der Waals surface area contributed by atoms with Crippen LogP contribution in [0.4, 0.5) is 5.69 Å². The molecule has 2 aromatic rings. The van der Waals surface area contributed by atoms with Crippen molar-refractivity contribution in [3.63, 3.8) is 0 Å². The maximum Gasteiger partial charge on any atom is 0.350 e. The third-order valence-electron chi connectivity index (χ3n) is 2.66. The minimum absolute atomic E-state index is 0.182. The Morgan fingerprint density at radius 3 is 2.60 bits per heavy atom. The molecule has 0 spiro atoms. The highest BCUT2D eigenvalue weighted by Crippen LogP contribution is 2.26. The molecule has 2 rings (SSSR count). The maximum absolute atomic E-state index is 12.3. The Labute approximate surface area is 121 Å². The zero-order valence-electron chi connectivity index (χ0n) is 10.9. The first-order chi connectivity index (χ1) is 9.45. The van der Waals surface area contributed by atoms with E-state index in [0.29, 0.717) is 5.56 Å². The number of carbonyl (C=O) groups is 1. The van der Waals surface area contributed by atoms with Crippen molar-refractivity contribution in [1.82, 2.24) is 0 Å². The molecule has 1 N–H and O–H groups in total. The Balaban J connectivity index is 2.37. The average Bonchev–Trinajstić information content (AvgIpc) is 2.85. The van der Waals surface area contributed by atoms with Gasteiger partial charge in [-0.1, -0.05) is 18.2 Å².